The molecule has 0 saturated carbocycles. The Morgan fingerprint density at radius 3 is 2.41 bits per heavy atom. The third-order valence-electron chi connectivity index (χ3n) is 5.95. The van der Waals surface area contributed by atoms with Crippen molar-refractivity contribution < 1.29 is 35.2 Å². The van der Waals surface area contributed by atoms with Crippen LogP contribution in [0.15, 0.2) is 52.7 Å². The minimum atomic E-state index is -4.50. The summed E-state index contributed by atoms with van der Waals surface area (Å²) in [6.45, 7) is -1.32. The van der Waals surface area contributed by atoms with Crippen molar-refractivity contribution in [3.63, 3.8) is 0 Å². The molecule has 15 heteroatoms. The first-order valence-electron chi connectivity index (χ1n) is 11.4. The number of halogens is 6. The Kier molecular flexibility index (Phi) is 7.96. The number of alkyl halides is 5. The Morgan fingerprint density at radius 1 is 1.18 bits per heavy atom. The fourth-order valence-electron chi connectivity index (χ4n) is 4.00. The van der Waals surface area contributed by atoms with Gasteiger partial charge in [0.15, 0.2) is 0 Å². The zero-order valence-electron chi connectivity index (χ0n) is 20.5. The van der Waals surface area contributed by atoms with Gasteiger partial charge in [-0.3, -0.25) is 4.79 Å². The SMILES string of the molecule is CN(C)c1cc(CNC(=O)C2CC(F)(F)CN2S(=O)(=O)c2ccc(Cl)s2)cc(-c2ccc(C(F)(F)F)cc2)n1. The quantitative estimate of drug-likeness (QED) is 0.370. The zero-order chi connectivity index (χ0) is 28.8. The van der Waals surface area contributed by atoms with E-state index in [2.05, 4.69) is 10.3 Å². The van der Waals surface area contributed by atoms with Gasteiger partial charge in [0.05, 0.1) is 22.1 Å². The van der Waals surface area contributed by atoms with E-state index in [9.17, 15) is 35.2 Å². The van der Waals surface area contributed by atoms with Crippen LogP contribution in [0.2, 0.25) is 4.34 Å². The Balaban J connectivity index is 1.57. The van der Waals surface area contributed by atoms with Crippen LogP contribution >= 0.6 is 22.9 Å². The molecule has 210 valence electrons. The fraction of sp³-hybridized carbons (Fsp3) is 0.333. The molecule has 1 aliphatic rings. The molecule has 1 unspecified atom stereocenters. The molecule has 39 heavy (non-hydrogen) atoms. The molecule has 7 nitrogen and oxygen atoms in total. The van der Waals surface area contributed by atoms with Crippen molar-refractivity contribution in [1.82, 2.24) is 14.6 Å². The minimum absolute atomic E-state index is 0.152. The second-order valence-electron chi connectivity index (χ2n) is 9.09. The molecule has 1 atom stereocenters. The Hall–Kier alpha value is -2.81. The highest BCUT2D eigenvalue weighted by Crippen LogP contribution is 2.38. The third kappa shape index (κ3) is 6.51. The van der Waals surface area contributed by atoms with Crippen LogP contribution in [0, 0.1) is 0 Å². The number of pyridine rings is 1. The van der Waals surface area contributed by atoms with Crippen LogP contribution in [-0.4, -0.2) is 56.2 Å². The predicted molar refractivity (Wildman–Crippen MR) is 137 cm³/mol. The highest BCUT2D eigenvalue weighted by Gasteiger charge is 2.53. The van der Waals surface area contributed by atoms with Gasteiger partial charge in [0.25, 0.3) is 15.9 Å². The number of amides is 1. The van der Waals surface area contributed by atoms with Gasteiger partial charge in [-0.15, -0.1) is 11.3 Å². The van der Waals surface area contributed by atoms with Crippen LogP contribution in [0.25, 0.3) is 11.3 Å². The van der Waals surface area contributed by atoms with Gasteiger partial charge in [0, 0.05) is 32.6 Å². The number of sulfonamides is 1. The summed E-state index contributed by atoms with van der Waals surface area (Å²) in [5, 5.41) is 2.52. The molecule has 1 saturated heterocycles. The van der Waals surface area contributed by atoms with Gasteiger partial charge >= 0.3 is 6.18 Å². The summed E-state index contributed by atoms with van der Waals surface area (Å²) in [5.41, 5.74) is 0.369. The number of carbonyl (C=O) groups excluding carboxylic acids is 1. The summed E-state index contributed by atoms with van der Waals surface area (Å²) in [5.74, 6) is -3.90. The Morgan fingerprint density at radius 2 is 1.85 bits per heavy atom. The number of hydrogen-bond donors (Lipinski definition) is 1. The smallest absolute Gasteiger partial charge is 0.363 e. The van der Waals surface area contributed by atoms with Gasteiger partial charge in [0.1, 0.15) is 16.1 Å². The van der Waals surface area contributed by atoms with E-state index in [1.54, 1.807) is 31.1 Å². The maximum absolute atomic E-state index is 14.3. The van der Waals surface area contributed by atoms with Crippen LogP contribution in [0.1, 0.15) is 17.5 Å². The lowest BCUT2D eigenvalue weighted by molar-refractivity contribution is -0.137. The van der Waals surface area contributed by atoms with E-state index >= 15 is 0 Å². The summed E-state index contributed by atoms with van der Waals surface area (Å²) in [6.07, 6.45) is -5.49. The second kappa shape index (κ2) is 10.6. The Bertz CT molecular complexity index is 1480. The zero-order valence-corrected chi connectivity index (χ0v) is 22.9. The number of rotatable bonds is 7. The lowest BCUT2D eigenvalue weighted by Gasteiger charge is -2.22. The molecule has 0 bridgehead atoms. The van der Waals surface area contributed by atoms with Gasteiger partial charge in [0.2, 0.25) is 5.91 Å². The molecule has 1 aromatic carbocycles. The molecule has 1 N–H and O–H groups in total. The van der Waals surface area contributed by atoms with Crippen molar-refractivity contribution in [3.05, 3.63) is 64.0 Å². The highest BCUT2D eigenvalue weighted by atomic mass is 35.5. The molecule has 1 aliphatic heterocycles. The minimum Gasteiger partial charge on any atom is -0.363 e. The molecule has 0 spiro atoms. The maximum Gasteiger partial charge on any atom is 0.416 e. The van der Waals surface area contributed by atoms with E-state index in [-0.39, 0.29) is 15.1 Å². The van der Waals surface area contributed by atoms with Gasteiger partial charge in [-0.25, -0.2) is 22.2 Å². The molecule has 3 aromatic rings. The van der Waals surface area contributed by atoms with Crippen molar-refractivity contribution in [3.8, 4) is 11.3 Å². The van der Waals surface area contributed by atoms with Crippen molar-refractivity contribution in [2.75, 3.05) is 25.5 Å². The summed E-state index contributed by atoms with van der Waals surface area (Å²) in [7, 11) is -1.02. The van der Waals surface area contributed by atoms with Crippen molar-refractivity contribution in [2.24, 2.45) is 0 Å². The van der Waals surface area contributed by atoms with E-state index in [1.807, 2.05) is 0 Å². The van der Waals surface area contributed by atoms with Crippen molar-refractivity contribution in [2.45, 2.75) is 35.3 Å². The second-order valence-corrected chi connectivity index (χ2v) is 12.9. The first-order chi connectivity index (χ1) is 18.1. The first kappa shape index (κ1) is 29.2. The lowest BCUT2D eigenvalue weighted by atomic mass is 10.1. The largest absolute Gasteiger partial charge is 0.416 e. The van der Waals surface area contributed by atoms with Crippen LogP contribution in [-0.2, 0) is 27.5 Å². The van der Waals surface area contributed by atoms with Crippen LogP contribution in [0.5, 0.6) is 0 Å². The molecule has 3 heterocycles. The van der Waals surface area contributed by atoms with Gasteiger partial charge in [-0.1, -0.05) is 23.7 Å². The standard InChI is InChI=1S/C24H22ClF5N4O3S2/c1-33(2)20-10-14(9-17(32-20)15-3-5-16(6-4-15)24(28,29)30)12-31-22(35)18-11-23(26,27)13-34(18)39(36,37)21-8-7-19(25)38-21/h3-10,18H,11-13H2,1-2H3,(H,31,35). The fourth-order valence-corrected chi connectivity index (χ4v) is 7.23. The summed E-state index contributed by atoms with van der Waals surface area (Å²) in [6, 6.07) is 8.41. The number of nitrogens with one attached hydrogen (secondary N) is 1. The number of benzene rings is 1. The number of nitrogens with zero attached hydrogens (tertiary/aromatic N) is 3. The number of aromatic nitrogens is 1. The number of anilines is 1. The topological polar surface area (TPSA) is 82.6 Å². The summed E-state index contributed by atoms with van der Waals surface area (Å²) < 4.78 is 93.9. The van der Waals surface area contributed by atoms with Crippen LogP contribution in [0.3, 0.4) is 0 Å². The number of thiophene rings is 1. The van der Waals surface area contributed by atoms with Crippen LogP contribution in [0.4, 0.5) is 27.8 Å². The lowest BCUT2D eigenvalue weighted by Crippen LogP contribution is -2.45. The van der Waals surface area contributed by atoms with Crippen LogP contribution < -0.4 is 10.2 Å². The van der Waals surface area contributed by atoms with Gasteiger partial charge in [-0.05, 0) is 42.0 Å². The summed E-state index contributed by atoms with van der Waals surface area (Å²) >= 11 is 6.51. The molecule has 2 aromatic heterocycles. The first-order valence-corrected chi connectivity index (χ1v) is 14.0. The molecule has 1 fully saturated rings. The Labute approximate surface area is 230 Å². The average molecular weight is 609 g/mol. The molecular formula is C24H22ClF5N4O3S2. The van der Waals surface area contributed by atoms with Crippen molar-refractivity contribution >= 4 is 44.7 Å². The summed E-state index contributed by atoms with van der Waals surface area (Å²) in [4.78, 5) is 19.1. The van der Waals surface area contributed by atoms with Gasteiger partial charge < -0.3 is 10.2 Å². The van der Waals surface area contributed by atoms with E-state index < -0.39 is 52.6 Å². The number of hydrogen-bond acceptors (Lipinski definition) is 6. The van der Waals surface area contributed by atoms with E-state index in [4.69, 9.17) is 11.6 Å². The predicted octanol–water partition coefficient (Wildman–Crippen LogP) is 5.26. The van der Waals surface area contributed by atoms with E-state index in [0.29, 0.717) is 38.3 Å². The van der Waals surface area contributed by atoms with E-state index in [0.717, 1.165) is 12.1 Å². The average Bonchev–Trinajstić information content (AvgIpc) is 3.45. The maximum atomic E-state index is 14.3. The third-order valence-corrected chi connectivity index (χ3v) is 9.50. The highest BCUT2D eigenvalue weighted by molar-refractivity contribution is 7.91. The molecule has 4 rings (SSSR count). The monoisotopic (exact) mass is 608 g/mol. The van der Waals surface area contributed by atoms with E-state index in [1.165, 1.54) is 24.3 Å². The normalized spacial score (nSPS) is 17.8. The molecule has 1 amide bonds. The molecular weight excluding hydrogens is 587 g/mol. The molecule has 0 radical (unpaired) electrons. The number of carbonyl (C=O) groups is 1. The van der Waals surface area contributed by atoms with Gasteiger partial charge in [-0.2, -0.15) is 17.5 Å². The molecule has 0 aliphatic carbocycles. The van der Waals surface area contributed by atoms with Crippen molar-refractivity contribution in [1.29, 1.82) is 0 Å².